The molecule has 4 aromatic rings. The van der Waals surface area contributed by atoms with Gasteiger partial charge in [0, 0.05) is 36.0 Å². The molecule has 0 fully saturated rings. The van der Waals surface area contributed by atoms with Crippen molar-refractivity contribution in [1.82, 2.24) is 24.6 Å². The Hall–Kier alpha value is -4.21. The third-order valence-corrected chi connectivity index (χ3v) is 5.40. The summed E-state index contributed by atoms with van der Waals surface area (Å²) in [4.78, 5) is 36.7. The summed E-state index contributed by atoms with van der Waals surface area (Å²) in [5.41, 5.74) is 2.93. The first-order chi connectivity index (χ1) is 16.2. The molecule has 1 amide bonds. The summed E-state index contributed by atoms with van der Waals surface area (Å²) in [7, 11) is 1.33. The van der Waals surface area contributed by atoms with Gasteiger partial charge in [-0.05, 0) is 23.1 Å². The lowest BCUT2D eigenvalue weighted by Crippen LogP contribution is -2.34. The van der Waals surface area contributed by atoms with Crippen molar-refractivity contribution in [1.29, 1.82) is 0 Å². The van der Waals surface area contributed by atoms with E-state index >= 15 is 0 Å². The van der Waals surface area contributed by atoms with Crippen molar-refractivity contribution in [2.24, 2.45) is 0 Å². The Morgan fingerprint density at radius 2 is 1.94 bits per heavy atom. The number of hydrogen-bond donors (Lipinski definition) is 3. The summed E-state index contributed by atoms with van der Waals surface area (Å²) in [6.45, 7) is 6.36. The van der Waals surface area contributed by atoms with Crippen LogP contribution in [0.15, 0.2) is 55.1 Å². The van der Waals surface area contributed by atoms with Crippen molar-refractivity contribution in [3.63, 3.8) is 0 Å². The third-order valence-electron chi connectivity index (χ3n) is 5.40. The molecule has 3 heterocycles. The molecule has 1 atom stereocenters. The van der Waals surface area contributed by atoms with Gasteiger partial charge in [0.15, 0.2) is 5.65 Å². The first-order valence-electron chi connectivity index (χ1n) is 10.8. The van der Waals surface area contributed by atoms with Crippen molar-refractivity contribution < 1.29 is 14.3 Å². The molecule has 0 aliphatic heterocycles. The maximum Gasteiger partial charge on any atom is 0.328 e. The first-order valence-corrected chi connectivity index (χ1v) is 10.8. The fourth-order valence-electron chi connectivity index (χ4n) is 3.52. The van der Waals surface area contributed by atoms with Crippen LogP contribution in [0.5, 0.6) is 0 Å². The number of nitrogens with one attached hydrogen (secondary N) is 3. The number of esters is 1. The lowest BCUT2D eigenvalue weighted by molar-refractivity contribution is -0.141. The average molecular weight is 462 g/mol. The van der Waals surface area contributed by atoms with Crippen LogP contribution in [-0.2, 0) is 21.4 Å². The largest absolute Gasteiger partial charge is 0.467 e. The first kappa shape index (κ1) is 23.0. The van der Waals surface area contributed by atoms with Gasteiger partial charge in [-0.25, -0.2) is 14.8 Å². The lowest BCUT2D eigenvalue weighted by Gasteiger charge is -2.19. The Kier molecular flexibility index (Phi) is 6.31. The molecule has 0 aliphatic carbocycles. The van der Waals surface area contributed by atoms with E-state index in [4.69, 9.17) is 4.74 Å². The number of nitrogens with zero attached hydrogens (tertiary/aromatic N) is 4. The van der Waals surface area contributed by atoms with Crippen molar-refractivity contribution in [3.8, 4) is 0 Å². The number of H-pyrrole nitrogens is 1. The molecule has 176 valence electrons. The van der Waals surface area contributed by atoms with E-state index in [9.17, 15) is 9.59 Å². The predicted octanol–water partition coefficient (Wildman–Crippen LogP) is 3.20. The van der Waals surface area contributed by atoms with E-state index in [1.54, 1.807) is 47.5 Å². The highest BCUT2D eigenvalue weighted by molar-refractivity contribution is 6.04. The van der Waals surface area contributed by atoms with Gasteiger partial charge in [-0.1, -0.05) is 32.9 Å². The SMILES string of the molecule is COC(=O)[C@H](Cc1cnc[nH]1)Nc1cc(NC(=O)c2ccc(C(C)(C)C)cc2)nc2ccnn12. The second-order valence-electron chi connectivity index (χ2n) is 8.91. The minimum absolute atomic E-state index is 0.00343. The zero-order valence-corrected chi connectivity index (χ0v) is 19.5. The van der Waals surface area contributed by atoms with Crippen molar-refractivity contribution in [3.05, 3.63) is 71.9 Å². The Balaban J connectivity index is 1.59. The minimum Gasteiger partial charge on any atom is -0.467 e. The van der Waals surface area contributed by atoms with Crippen LogP contribution in [0.4, 0.5) is 11.6 Å². The number of aromatic nitrogens is 5. The number of carbonyl (C=O) groups excluding carboxylic acids is 2. The molecule has 3 aromatic heterocycles. The molecule has 0 bridgehead atoms. The number of amides is 1. The van der Waals surface area contributed by atoms with Crippen LogP contribution in [0.3, 0.4) is 0 Å². The highest BCUT2D eigenvalue weighted by atomic mass is 16.5. The third kappa shape index (κ3) is 5.06. The van der Waals surface area contributed by atoms with E-state index in [0.717, 1.165) is 11.3 Å². The van der Waals surface area contributed by atoms with Gasteiger partial charge in [0.25, 0.3) is 5.91 Å². The number of imidazole rings is 1. The quantitative estimate of drug-likeness (QED) is 0.361. The topological polar surface area (TPSA) is 126 Å². The Morgan fingerprint density at radius 3 is 2.59 bits per heavy atom. The summed E-state index contributed by atoms with van der Waals surface area (Å²) in [5, 5.41) is 10.3. The maximum absolute atomic E-state index is 12.9. The molecule has 1 aromatic carbocycles. The van der Waals surface area contributed by atoms with Crippen LogP contribution < -0.4 is 10.6 Å². The van der Waals surface area contributed by atoms with E-state index < -0.39 is 12.0 Å². The number of ether oxygens (including phenoxy) is 1. The van der Waals surface area contributed by atoms with Gasteiger partial charge in [-0.2, -0.15) is 9.61 Å². The Bertz CT molecular complexity index is 1290. The number of methoxy groups -OCH3 is 1. The summed E-state index contributed by atoms with van der Waals surface area (Å²) < 4.78 is 6.51. The second-order valence-corrected chi connectivity index (χ2v) is 8.91. The number of aromatic amines is 1. The second kappa shape index (κ2) is 9.34. The monoisotopic (exact) mass is 461 g/mol. The van der Waals surface area contributed by atoms with Gasteiger partial charge in [0.2, 0.25) is 0 Å². The van der Waals surface area contributed by atoms with Crippen molar-refractivity contribution in [2.75, 3.05) is 17.7 Å². The number of fused-ring (bicyclic) bond motifs is 1. The van der Waals surface area contributed by atoms with Gasteiger partial charge < -0.3 is 20.4 Å². The molecular formula is C24H27N7O3. The highest BCUT2D eigenvalue weighted by Crippen LogP contribution is 2.23. The van der Waals surface area contributed by atoms with E-state index in [0.29, 0.717) is 29.3 Å². The standard InChI is InChI=1S/C24H27N7O3/c1-24(2,3)16-7-5-15(6-8-16)22(32)30-19-12-21(31-20(29-19)9-10-27-31)28-18(23(33)34-4)11-17-13-25-14-26-17/h5-10,12-14,18,28H,11H2,1-4H3,(H,25,26)(H,29,30,32)/t18-/m0/s1. The van der Waals surface area contributed by atoms with Crippen LogP contribution in [0.2, 0.25) is 0 Å². The van der Waals surface area contributed by atoms with E-state index in [1.165, 1.54) is 7.11 Å². The molecule has 34 heavy (non-hydrogen) atoms. The van der Waals surface area contributed by atoms with Gasteiger partial charge in [0.05, 0.1) is 19.6 Å². The van der Waals surface area contributed by atoms with Crippen LogP contribution in [0, 0.1) is 0 Å². The fraction of sp³-hybridized carbons (Fsp3) is 0.292. The zero-order chi connectivity index (χ0) is 24.3. The fourth-order valence-corrected chi connectivity index (χ4v) is 3.52. The van der Waals surface area contributed by atoms with Gasteiger partial charge >= 0.3 is 5.97 Å². The van der Waals surface area contributed by atoms with Crippen molar-refractivity contribution in [2.45, 2.75) is 38.6 Å². The van der Waals surface area contributed by atoms with Crippen LogP contribution in [0.25, 0.3) is 5.65 Å². The molecule has 0 spiro atoms. The minimum atomic E-state index is -0.714. The normalized spacial score (nSPS) is 12.4. The molecule has 0 saturated carbocycles. The molecule has 0 saturated heterocycles. The van der Waals surface area contributed by atoms with Crippen LogP contribution >= 0.6 is 0 Å². The Labute approximate surface area is 196 Å². The zero-order valence-electron chi connectivity index (χ0n) is 19.5. The molecular weight excluding hydrogens is 434 g/mol. The Morgan fingerprint density at radius 1 is 1.18 bits per heavy atom. The van der Waals surface area contributed by atoms with Crippen molar-refractivity contribution >= 4 is 29.2 Å². The molecule has 10 heteroatoms. The molecule has 10 nitrogen and oxygen atoms in total. The van der Waals surface area contributed by atoms with Gasteiger partial charge in [-0.3, -0.25) is 4.79 Å². The maximum atomic E-state index is 12.9. The van der Waals surface area contributed by atoms with Crippen LogP contribution in [0.1, 0.15) is 42.4 Å². The van der Waals surface area contributed by atoms with E-state index in [2.05, 4.69) is 51.5 Å². The van der Waals surface area contributed by atoms with Gasteiger partial charge in [0.1, 0.15) is 17.7 Å². The molecule has 0 radical (unpaired) electrons. The average Bonchev–Trinajstić information content (AvgIpc) is 3.49. The molecule has 0 unspecified atom stereocenters. The highest BCUT2D eigenvalue weighted by Gasteiger charge is 2.22. The predicted molar refractivity (Wildman–Crippen MR) is 128 cm³/mol. The summed E-state index contributed by atoms with van der Waals surface area (Å²) in [6.07, 6.45) is 5.10. The molecule has 0 aliphatic rings. The summed E-state index contributed by atoms with van der Waals surface area (Å²) >= 11 is 0. The molecule has 3 N–H and O–H groups in total. The summed E-state index contributed by atoms with van der Waals surface area (Å²) in [5.74, 6) is 0.0647. The lowest BCUT2D eigenvalue weighted by atomic mass is 9.87. The number of benzene rings is 1. The van der Waals surface area contributed by atoms with Gasteiger partial charge in [-0.15, -0.1) is 0 Å². The summed E-state index contributed by atoms with van der Waals surface area (Å²) in [6, 6.07) is 10.1. The van der Waals surface area contributed by atoms with Crippen LogP contribution in [-0.4, -0.2) is 49.6 Å². The number of carbonyl (C=O) groups is 2. The molecule has 4 rings (SSSR count). The number of anilines is 2. The smallest absolute Gasteiger partial charge is 0.328 e. The van der Waals surface area contributed by atoms with E-state index in [1.807, 2.05) is 12.1 Å². The number of rotatable bonds is 7. The number of hydrogen-bond acceptors (Lipinski definition) is 7. The van der Waals surface area contributed by atoms with E-state index in [-0.39, 0.29) is 11.3 Å².